The predicted molar refractivity (Wildman–Crippen MR) is 135 cm³/mol. The number of pyridine rings is 1. The topological polar surface area (TPSA) is 107 Å². The van der Waals surface area contributed by atoms with E-state index >= 15 is 0 Å². The molecule has 2 aromatic heterocycles. The molecule has 4 rings (SSSR count). The summed E-state index contributed by atoms with van der Waals surface area (Å²) in [5.41, 5.74) is 2.48. The third kappa shape index (κ3) is 4.97. The van der Waals surface area contributed by atoms with Crippen molar-refractivity contribution >= 4 is 47.7 Å². The number of anilines is 2. The van der Waals surface area contributed by atoms with E-state index in [2.05, 4.69) is 50.9 Å². The molecule has 1 fully saturated rings. The van der Waals surface area contributed by atoms with Gasteiger partial charge in [-0.25, -0.2) is 9.37 Å². The highest BCUT2D eigenvalue weighted by Gasteiger charge is 2.23. The molecule has 34 heavy (non-hydrogen) atoms. The standard InChI is InChI=1S/C22H24FN7O2.C2H6/c1-13-9-29(7-6-26-13)18-5-4-16(19(24-2)20(18)25-3)22(32)28-14-8-17(23)21-27-15(12-31)11-30(21)10-14;1-2/h4-5,8,10-11,13,26,31H,2-3,6-7,9,12H2,1H3,(H,28,32);1-2H3. The molecule has 0 aliphatic carbocycles. The molecule has 10 heteroatoms. The summed E-state index contributed by atoms with van der Waals surface area (Å²) in [7, 11) is 0. The Morgan fingerprint density at radius 3 is 2.68 bits per heavy atom. The maximum absolute atomic E-state index is 14.4. The van der Waals surface area contributed by atoms with Crippen molar-refractivity contribution in [3.8, 4) is 0 Å². The summed E-state index contributed by atoms with van der Waals surface area (Å²) >= 11 is 0. The van der Waals surface area contributed by atoms with Gasteiger partial charge < -0.3 is 25.0 Å². The zero-order valence-electron chi connectivity index (χ0n) is 19.7. The van der Waals surface area contributed by atoms with Crippen molar-refractivity contribution in [1.82, 2.24) is 14.7 Å². The first-order valence-corrected chi connectivity index (χ1v) is 11.1. The Kier molecular flexibility index (Phi) is 8.08. The molecule has 1 aromatic carbocycles. The first-order valence-electron chi connectivity index (χ1n) is 11.1. The molecule has 0 bridgehead atoms. The van der Waals surface area contributed by atoms with Crippen LogP contribution in [0.4, 0.5) is 27.1 Å². The average molecular weight is 468 g/mol. The maximum atomic E-state index is 14.4. The molecule has 0 radical (unpaired) electrons. The average Bonchev–Trinajstić information content (AvgIpc) is 3.28. The lowest BCUT2D eigenvalue weighted by molar-refractivity contribution is 0.102. The van der Waals surface area contributed by atoms with Gasteiger partial charge in [0, 0.05) is 44.1 Å². The van der Waals surface area contributed by atoms with Gasteiger partial charge in [0.1, 0.15) is 11.4 Å². The summed E-state index contributed by atoms with van der Waals surface area (Å²) in [5, 5.41) is 15.3. The molecule has 3 N–H and O–H groups in total. The number of imidazole rings is 1. The first-order chi connectivity index (χ1) is 16.4. The Balaban J connectivity index is 0.00000158. The van der Waals surface area contributed by atoms with Gasteiger partial charge in [-0.1, -0.05) is 13.8 Å². The van der Waals surface area contributed by atoms with E-state index in [1.807, 2.05) is 19.9 Å². The van der Waals surface area contributed by atoms with Gasteiger partial charge in [-0.15, -0.1) is 0 Å². The second-order valence-corrected chi connectivity index (χ2v) is 7.60. The number of rotatable bonds is 6. The van der Waals surface area contributed by atoms with Gasteiger partial charge in [-0.2, -0.15) is 0 Å². The van der Waals surface area contributed by atoms with E-state index in [-0.39, 0.29) is 23.5 Å². The second-order valence-electron chi connectivity index (χ2n) is 7.60. The molecular weight excluding hydrogens is 437 g/mol. The molecule has 1 saturated heterocycles. The number of carbonyl (C=O) groups excluding carboxylic acids is 1. The Labute approximate surface area is 198 Å². The fraction of sp³-hybridized carbons (Fsp3) is 0.333. The van der Waals surface area contributed by atoms with Crippen molar-refractivity contribution in [2.24, 2.45) is 9.98 Å². The summed E-state index contributed by atoms with van der Waals surface area (Å²) in [6, 6.07) is 4.96. The zero-order chi connectivity index (χ0) is 24.8. The van der Waals surface area contributed by atoms with Crippen molar-refractivity contribution in [3.05, 3.63) is 47.7 Å². The molecule has 1 atom stereocenters. The molecule has 3 heterocycles. The summed E-state index contributed by atoms with van der Waals surface area (Å²) in [6.45, 7) is 15.5. The van der Waals surface area contributed by atoms with Crippen LogP contribution in [0.15, 0.2) is 40.6 Å². The van der Waals surface area contributed by atoms with Gasteiger partial charge in [-0.05, 0) is 32.5 Å². The molecule has 1 amide bonds. The van der Waals surface area contributed by atoms with Crippen molar-refractivity contribution < 1.29 is 14.3 Å². The lowest BCUT2D eigenvalue weighted by Crippen LogP contribution is -2.49. The number of nitrogens with one attached hydrogen (secondary N) is 2. The highest BCUT2D eigenvalue weighted by Crippen LogP contribution is 2.41. The van der Waals surface area contributed by atoms with Gasteiger partial charge in [0.15, 0.2) is 11.5 Å². The van der Waals surface area contributed by atoms with Crippen LogP contribution >= 0.6 is 0 Å². The third-order valence-corrected chi connectivity index (χ3v) is 5.38. The van der Waals surface area contributed by atoms with Gasteiger partial charge >= 0.3 is 0 Å². The van der Waals surface area contributed by atoms with Crippen LogP contribution < -0.4 is 15.5 Å². The van der Waals surface area contributed by atoms with E-state index in [4.69, 9.17) is 0 Å². The number of fused-ring (bicyclic) bond motifs is 1. The SMILES string of the molecule is C=Nc1c(C(=O)Nc2cc(F)c3nc(CO)cn3c2)ccc(N2CCNC(C)C2)c1N=C.CC. The first kappa shape index (κ1) is 25.0. The van der Waals surface area contributed by atoms with Crippen LogP contribution in [0.3, 0.4) is 0 Å². The van der Waals surface area contributed by atoms with Crippen molar-refractivity contribution in [2.75, 3.05) is 29.9 Å². The Bertz CT molecular complexity index is 1210. The number of aliphatic hydroxyl groups is 1. The number of piperazine rings is 1. The van der Waals surface area contributed by atoms with Gasteiger partial charge in [0.2, 0.25) is 0 Å². The summed E-state index contributed by atoms with van der Waals surface area (Å²) < 4.78 is 15.8. The highest BCUT2D eigenvalue weighted by atomic mass is 19.1. The van der Waals surface area contributed by atoms with Crippen LogP contribution in [0.1, 0.15) is 36.8 Å². The minimum atomic E-state index is -0.624. The summed E-state index contributed by atoms with van der Waals surface area (Å²) in [6.07, 6.45) is 3.01. The molecule has 1 aliphatic rings. The number of carbonyl (C=O) groups is 1. The molecule has 0 saturated carbocycles. The van der Waals surface area contributed by atoms with Gasteiger partial charge in [0.25, 0.3) is 5.91 Å². The van der Waals surface area contributed by atoms with Crippen LogP contribution in [-0.2, 0) is 6.61 Å². The molecule has 0 spiro atoms. The lowest BCUT2D eigenvalue weighted by atomic mass is 10.1. The predicted octanol–water partition coefficient (Wildman–Crippen LogP) is 3.71. The van der Waals surface area contributed by atoms with Crippen molar-refractivity contribution in [3.63, 3.8) is 0 Å². The fourth-order valence-corrected chi connectivity index (χ4v) is 3.93. The molecule has 3 aromatic rings. The monoisotopic (exact) mass is 467 g/mol. The molecule has 1 aliphatic heterocycles. The second kappa shape index (κ2) is 11.0. The Morgan fingerprint density at radius 2 is 2.03 bits per heavy atom. The van der Waals surface area contributed by atoms with Crippen molar-refractivity contribution in [2.45, 2.75) is 33.4 Å². The molecule has 9 nitrogen and oxygen atoms in total. The van der Waals surface area contributed by atoms with E-state index in [1.165, 1.54) is 22.9 Å². The maximum Gasteiger partial charge on any atom is 0.257 e. The number of aromatic nitrogens is 2. The highest BCUT2D eigenvalue weighted by molar-refractivity contribution is 6.10. The van der Waals surface area contributed by atoms with Crippen LogP contribution in [0.2, 0.25) is 0 Å². The number of nitrogens with zero attached hydrogens (tertiary/aromatic N) is 5. The minimum Gasteiger partial charge on any atom is -0.390 e. The van der Waals surface area contributed by atoms with Crippen LogP contribution in [-0.4, -0.2) is 59.5 Å². The Morgan fingerprint density at radius 1 is 1.29 bits per heavy atom. The quantitative estimate of drug-likeness (QED) is 0.479. The Hall–Kier alpha value is -3.63. The van der Waals surface area contributed by atoms with Crippen LogP contribution in [0, 0.1) is 5.82 Å². The number of hydrogen-bond acceptors (Lipinski definition) is 7. The van der Waals surface area contributed by atoms with Crippen LogP contribution in [0.25, 0.3) is 5.65 Å². The summed E-state index contributed by atoms with van der Waals surface area (Å²) in [4.78, 5) is 27.4. The van der Waals surface area contributed by atoms with Gasteiger partial charge in [-0.3, -0.25) is 14.8 Å². The van der Waals surface area contributed by atoms with Crippen LogP contribution in [0.5, 0.6) is 0 Å². The van der Waals surface area contributed by atoms with Gasteiger partial charge in [0.05, 0.1) is 29.2 Å². The fourth-order valence-electron chi connectivity index (χ4n) is 3.93. The molecule has 180 valence electrons. The number of halogens is 1. The minimum absolute atomic E-state index is 0.0632. The van der Waals surface area contributed by atoms with E-state index in [1.54, 1.807) is 6.07 Å². The number of aliphatic hydroxyl groups excluding tert-OH is 1. The van der Waals surface area contributed by atoms with E-state index in [9.17, 15) is 14.3 Å². The van der Waals surface area contributed by atoms with E-state index < -0.39 is 11.7 Å². The lowest BCUT2D eigenvalue weighted by Gasteiger charge is -2.34. The zero-order valence-corrected chi connectivity index (χ0v) is 19.7. The normalized spacial score (nSPS) is 15.4. The van der Waals surface area contributed by atoms with E-state index in [0.29, 0.717) is 23.1 Å². The number of hydrogen-bond donors (Lipinski definition) is 3. The van der Waals surface area contributed by atoms with E-state index in [0.717, 1.165) is 25.3 Å². The number of aliphatic imine (C=N–C) groups is 2. The smallest absolute Gasteiger partial charge is 0.257 e. The molecule has 1 unspecified atom stereocenters. The molecular formula is C24H30FN7O2. The third-order valence-electron chi connectivity index (χ3n) is 5.38. The number of benzene rings is 1. The summed E-state index contributed by atoms with van der Waals surface area (Å²) in [5.74, 6) is -1.11. The number of amides is 1. The van der Waals surface area contributed by atoms with Crippen molar-refractivity contribution in [1.29, 1.82) is 0 Å². The largest absolute Gasteiger partial charge is 0.390 e.